The maximum Gasteiger partial charge on any atom is 0.124 e. The second kappa shape index (κ2) is 6.93. The first-order valence-electron chi connectivity index (χ1n) is 5.93. The van der Waals surface area contributed by atoms with Crippen LogP contribution >= 0.6 is 8.58 Å². The van der Waals surface area contributed by atoms with Gasteiger partial charge in [-0.3, -0.25) is 4.99 Å². The van der Waals surface area contributed by atoms with Crippen LogP contribution in [0.5, 0.6) is 5.75 Å². The van der Waals surface area contributed by atoms with E-state index in [4.69, 9.17) is 0 Å². The summed E-state index contributed by atoms with van der Waals surface area (Å²) in [7, 11) is 0.793. The standard InChI is InChI=1S/C15H16NOP/c17-15-9-5-4-6-13(15)12-16-10-11-18-14-7-2-1-3-8-14/h1-9,12,17-18H,10-11H2. The van der Waals surface area contributed by atoms with E-state index >= 15 is 0 Å². The van der Waals surface area contributed by atoms with E-state index in [-0.39, 0.29) is 5.75 Å². The summed E-state index contributed by atoms with van der Waals surface area (Å²) in [6.07, 6.45) is 2.79. The normalized spacial score (nSPS) is 11.6. The van der Waals surface area contributed by atoms with Gasteiger partial charge >= 0.3 is 0 Å². The Labute approximate surface area is 109 Å². The highest BCUT2D eigenvalue weighted by atomic mass is 31.1. The molecule has 0 heterocycles. The third-order valence-corrected chi connectivity index (χ3v) is 3.73. The lowest BCUT2D eigenvalue weighted by atomic mass is 10.2. The van der Waals surface area contributed by atoms with Gasteiger partial charge in [0.15, 0.2) is 0 Å². The first kappa shape index (κ1) is 12.8. The third kappa shape index (κ3) is 3.97. The summed E-state index contributed by atoms with van der Waals surface area (Å²) in [5.41, 5.74) is 0.778. The minimum atomic E-state index is 0.284. The summed E-state index contributed by atoms with van der Waals surface area (Å²) in [5, 5.41) is 10.9. The molecule has 3 heteroatoms. The minimum Gasteiger partial charge on any atom is -0.507 e. The molecular formula is C15H16NOP. The van der Waals surface area contributed by atoms with E-state index in [9.17, 15) is 5.11 Å². The minimum absolute atomic E-state index is 0.284. The number of hydrogen-bond donors (Lipinski definition) is 1. The summed E-state index contributed by atoms with van der Waals surface area (Å²) in [5.74, 6) is 0.284. The number of aliphatic imine (C=N–C) groups is 1. The predicted molar refractivity (Wildman–Crippen MR) is 79.8 cm³/mol. The Hall–Kier alpha value is -1.66. The molecule has 0 spiro atoms. The van der Waals surface area contributed by atoms with E-state index in [0.717, 1.165) is 26.9 Å². The van der Waals surface area contributed by atoms with Gasteiger partial charge in [0.1, 0.15) is 5.75 Å². The maximum absolute atomic E-state index is 9.56. The van der Waals surface area contributed by atoms with Crippen molar-refractivity contribution in [1.82, 2.24) is 0 Å². The molecule has 1 unspecified atom stereocenters. The highest BCUT2D eigenvalue weighted by Gasteiger charge is 1.94. The second-order valence-electron chi connectivity index (χ2n) is 3.89. The number of hydrogen-bond acceptors (Lipinski definition) is 2. The zero-order valence-corrected chi connectivity index (χ0v) is 11.1. The van der Waals surface area contributed by atoms with Crippen LogP contribution in [0.1, 0.15) is 5.56 Å². The van der Waals surface area contributed by atoms with E-state index in [1.165, 1.54) is 5.30 Å². The van der Waals surface area contributed by atoms with Crippen molar-refractivity contribution >= 4 is 20.1 Å². The number of para-hydroxylation sites is 1. The van der Waals surface area contributed by atoms with Crippen LogP contribution in [0.4, 0.5) is 0 Å². The first-order valence-corrected chi connectivity index (χ1v) is 7.14. The molecular weight excluding hydrogens is 241 g/mol. The van der Waals surface area contributed by atoms with Gasteiger partial charge < -0.3 is 5.11 Å². The average Bonchev–Trinajstić information content (AvgIpc) is 2.42. The van der Waals surface area contributed by atoms with E-state index < -0.39 is 0 Å². The molecule has 0 aliphatic rings. The van der Waals surface area contributed by atoms with Crippen LogP contribution in [0.2, 0.25) is 0 Å². The lowest BCUT2D eigenvalue weighted by Crippen LogP contribution is -1.95. The van der Waals surface area contributed by atoms with Gasteiger partial charge in [0, 0.05) is 18.3 Å². The Morgan fingerprint density at radius 2 is 1.72 bits per heavy atom. The molecule has 2 aromatic rings. The van der Waals surface area contributed by atoms with Crippen LogP contribution in [-0.2, 0) is 0 Å². The van der Waals surface area contributed by atoms with Crippen molar-refractivity contribution in [3.8, 4) is 5.75 Å². The molecule has 0 saturated heterocycles. The molecule has 0 radical (unpaired) electrons. The first-order chi connectivity index (χ1) is 8.86. The molecule has 1 atom stereocenters. The molecule has 0 amide bonds. The number of rotatable bonds is 5. The number of phenols is 1. The molecule has 0 aliphatic heterocycles. The van der Waals surface area contributed by atoms with Gasteiger partial charge in [0.05, 0.1) is 0 Å². The Morgan fingerprint density at radius 1 is 1.00 bits per heavy atom. The fourth-order valence-electron chi connectivity index (χ4n) is 1.58. The highest BCUT2D eigenvalue weighted by Crippen LogP contribution is 2.13. The van der Waals surface area contributed by atoms with Crippen molar-refractivity contribution < 1.29 is 5.11 Å². The second-order valence-corrected chi connectivity index (χ2v) is 5.32. The van der Waals surface area contributed by atoms with Crippen molar-refractivity contribution in [2.75, 3.05) is 12.7 Å². The van der Waals surface area contributed by atoms with Gasteiger partial charge in [0.2, 0.25) is 0 Å². The largest absolute Gasteiger partial charge is 0.507 e. The van der Waals surface area contributed by atoms with Gasteiger partial charge in [-0.15, -0.1) is 0 Å². The smallest absolute Gasteiger partial charge is 0.124 e. The molecule has 1 N–H and O–H groups in total. The quantitative estimate of drug-likeness (QED) is 0.498. The van der Waals surface area contributed by atoms with Gasteiger partial charge in [-0.1, -0.05) is 51.0 Å². The van der Waals surface area contributed by atoms with Crippen LogP contribution in [-0.4, -0.2) is 24.0 Å². The molecule has 2 nitrogen and oxygen atoms in total. The molecule has 0 bridgehead atoms. The summed E-state index contributed by atoms with van der Waals surface area (Å²) < 4.78 is 0. The van der Waals surface area contributed by atoms with E-state index in [2.05, 4.69) is 29.3 Å². The third-order valence-electron chi connectivity index (χ3n) is 2.51. The SMILES string of the molecule is Oc1ccccc1C=NCCPc1ccccc1. The fraction of sp³-hybridized carbons (Fsp3) is 0.133. The Balaban J connectivity index is 1.77. The Bertz CT molecular complexity index is 511. The van der Waals surface area contributed by atoms with Crippen LogP contribution in [0.3, 0.4) is 0 Å². The maximum atomic E-state index is 9.56. The average molecular weight is 257 g/mol. The van der Waals surface area contributed by atoms with E-state index in [1.54, 1.807) is 12.3 Å². The van der Waals surface area contributed by atoms with Crippen molar-refractivity contribution in [1.29, 1.82) is 0 Å². The number of nitrogens with zero attached hydrogens (tertiary/aromatic N) is 1. The van der Waals surface area contributed by atoms with Gasteiger partial charge in [-0.2, -0.15) is 0 Å². The monoisotopic (exact) mass is 257 g/mol. The number of phenolic OH excluding ortho intramolecular Hbond substituents is 1. The van der Waals surface area contributed by atoms with Crippen LogP contribution < -0.4 is 5.30 Å². The molecule has 2 aromatic carbocycles. The summed E-state index contributed by atoms with van der Waals surface area (Å²) in [6.45, 7) is 0.793. The van der Waals surface area contributed by atoms with Crippen LogP contribution in [0, 0.1) is 0 Å². The van der Waals surface area contributed by atoms with Gasteiger partial charge in [-0.05, 0) is 23.6 Å². The molecule has 18 heavy (non-hydrogen) atoms. The van der Waals surface area contributed by atoms with Crippen LogP contribution in [0.25, 0.3) is 0 Å². The molecule has 0 fully saturated rings. The van der Waals surface area contributed by atoms with Crippen LogP contribution in [0.15, 0.2) is 59.6 Å². The van der Waals surface area contributed by atoms with E-state index in [1.807, 2.05) is 24.3 Å². The predicted octanol–water partition coefficient (Wildman–Crippen LogP) is 2.82. The highest BCUT2D eigenvalue weighted by molar-refractivity contribution is 7.47. The van der Waals surface area contributed by atoms with Crippen molar-refractivity contribution in [2.45, 2.75) is 0 Å². The molecule has 2 rings (SSSR count). The number of benzene rings is 2. The zero-order chi connectivity index (χ0) is 12.6. The van der Waals surface area contributed by atoms with Gasteiger partial charge in [0.25, 0.3) is 0 Å². The summed E-state index contributed by atoms with van der Waals surface area (Å²) >= 11 is 0. The zero-order valence-electron chi connectivity index (χ0n) is 10.1. The summed E-state index contributed by atoms with van der Waals surface area (Å²) in [4.78, 5) is 4.34. The molecule has 0 aliphatic carbocycles. The van der Waals surface area contributed by atoms with Gasteiger partial charge in [-0.25, -0.2) is 0 Å². The van der Waals surface area contributed by atoms with Crippen molar-refractivity contribution in [3.05, 3.63) is 60.2 Å². The molecule has 0 saturated carbocycles. The molecule has 0 aromatic heterocycles. The van der Waals surface area contributed by atoms with E-state index in [0.29, 0.717) is 0 Å². The van der Waals surface area contributed by atoms with Crippen molar-refractivity contribution in [3.63, 3.8) is 0 Å². The van der Waals surface area contributed by atoms with Crippen molar-refractivity contribution in [2.24, 2.45) is 4.99 Å². The summed E-state index contributed by atoms with van der Waals surface area (Å²) in [6, 6.07) is 17.7. The molecule has 92 valence electrons. The fourth-order valence-corrected chi connectivity index (χ4v) is 2.54. The lowest BCUT2D eigenvalue weighted by molar-refractivity contribution is 0.474. The Morgan fingerprint density at radius 3 is 2.50 bits per heavy atom. The Kier molecular flexibility index (Phi) is 4.92. The lowest BCUT2D eigenvalue weighted by Gasteiger charge is -1.99. The topological polar surface area (TPSA) is 32.6 Å². The number of aromatic hydroxyl groups is 1.